The van der Waals surface area contributed by atoms with Crippen molar-refractivity contribution in [2.75, 3.05) is 0 Å². The highest BCUT2D eigenvalue weighted by Crippen LogP contribution is 2.14. The van der Waals surface area contributed by atoms with Gasteiger partial charge in [0.25, 0.3) is 8.32 Å². The highest BCUT2D eigenvalue weighted by Gasteiger charge is 2.22. The molecule has 0 aromatic rings. The van der Waals surface area contributed by atoms with Crippen LogP contribution < -0.4 is 0 Å². The van der Waals surface area contributed by atoms with Crippen LogP contribution in [0, 0.1) is 12.0 Å². The van der Waals surface area contributed by atoms with E-state index in [4.69, 9.17) is 4.43 Å². The molecule has 0 bridgehead atoms. The second kappa shape index (κ2) is 7.03. The van der Waals surface area contributed by atoms with Gasteiger partial charge in [-0.25, -0.2) is 0 Å². The number of rotatable bonds is 5. The van der Waals surface area contributed by atoms with E-state index in [0.29, 0.717) is 0 Å². The average Bonchev–Trinajstić information content (AvgIpc) is 2.09. The molecular weight excluding hydrogens is 176 g/mol. The quantitative estimate of drug-likeness (QED) is 0.483. The third-order valence-corrected chi connectivity index (χ3v) is 4.12. The third-order valence-electron chi connectivity index (χ3n) is 1.91. The molecule has 0 atom stereocenters. The maximum Gasteiger partial charge on any atom is 0.258 e. The Balaban J connectivity index is 3.69. The first-order chi connectivity index (χ1) is 6.12. The Labute approximate surface area is 84.0 Å². The monoisotopic (exact) mass is 198 g/mol. The van der Waals surface area contributed by atoms with Gasteiger partial charge in [0.1, 0.15) is 0 Å². The van der Waals surface area contributed by atoms with Gasteiger partial charge in [-0.15, -0.1) is 0 Å². The van der Waals surface area contributed by atoms with Gasteiger partial charge in [0.05, 0.1) is 6.11 Å². The van der Waals surface area contributed by atoms with E-state index in [1.165, 1.54) is 18.9 Å². The third kappa shape index (κ3) is 7.92. The molecule has 0 fully saturated rings. The zero-order valence-electron chi connectivity index (χ0n) is 9.44. The van der Waals surface area contributed by atoms with E-state index in [1.807, 2.05) is 0 Å². The standard InChI is InChI=1S/C11H22OSi/c1-5-7-9-10-12-13(3,4)11-8-6-2/h5-8,11H2,1-4H3. The fraction of sp³-hybridized carbons (Fsp3) is 0.818. The first-order valence-corrected chi connectivity index (χ1v) is 8.39. The molecule has 0 aromatic heterocycles. The molecule has 0 heterocycles. The van der Waals surface area contributed by atoms with E-state index in [0.717, 1.165) is 12.8 Å². The predicted molar refractivity (Wildman–Crippen MR) is 61.0 cm³/mol. The van der Waals surface area contributed by atoms with Crippen LogP contribution in [0.15, 0.2) is 0 Å². The van der Waals surface area contributed by atoms with Crippen molar-refractivity contribution in [2.45, 2.75) is 58.7 Å². The van der Waals surface area contributed by atoms with Crippen molar-refractivity contribution < 1.29 is 4.43 Å². The number of unbranched alkanes of at least 4 members (excludes halogenated alkanes) is 2. The van der Waals surface area contributed by atoms with Crippen LogP contribution in [0.1, 0.15) is 39.5 Å². The van der Waals surface area contributed by atoms with Crippen molar-refractivity contribution >= 4 is 8.32 Å². The van der Waals surface area contributed by atoms with Crippen molar-refractivity contribution in [3.63, 3.8) is 0 Å². The van der Waals surface area contributed by atoms with Crippen LogP contribution in [0.5, 0.6) is 0 Å². The first-order valence-electron chi connectivity index (χ1n) is 5.28. The van der Waals surface area contributed by atoms with Crippen LogP contribution in [0.25, 0.3) is 0 Å². The Morgan fingerprint density at radius 1 is 1.15 bits per heavy atom. The Morgan fingerprint density at radius 3 is 2.38 bits per heavy atom. The van der Waals surface area contributed by atoms with Gasteiger partial charge in [0.15, 0.2) is 0 Å². The molecule has 0 aliphatic heterocycles. The lowest BCUT2D eigenvalue weighted by Gasteiger charge is -2.18. The van der Waals surface area contributed by atoms with E-state index in [9.17, 15) is 0 Å². The zero-order chi connectivity index (χ0) is 10.2. The van der Waals surface area contributed by atoms with Gasteiger partial charge in [0, 0.05) is 6.42 Å². The molecule has 0 amide bonds. The molecule has 1 nitrogen and oxygen atoms in total. The molecule has 76 valence electrons. The molecular formula is C11H22OSi. The van der Waals surface area contributed by atoms with Crippen molar-refractivity contribution in [3.8, 4) is 12.0 Å². The van der Waals surface area contributed by atoms with Gasteiger partial charge < -0.3 is 4.43 Å². The second-order valence-electron chi connectivity index (χ2n) is 3.99. The number of hydrogen-bond donors (Lipinski definition) is 0. The number of hydrogen-bond acceptors (Lipinski definition) is 1. The van der Waals surface area contributed by atoms with Crippen LogP contribution in [0.2, 0.25) is 19.1 Å². The van der Waals surface area contributed by atoms with Gasteiger partial charge in [0.2, 0.25) is 0 Å². The van der Waals surface area contributed by atoms with Crippen LogP contribution in [0.4, 0.5) is 0 Å². The van der Waals surface area contributed by atoms with E-state index >= 15 is 0 Å². The van der Waals surface area contributed by atoms with Crippen LogP contribution >= 0.6 is 0 Å². The lowest BCUT2D eigenvalue weighted by molar-refractivity contribution is 0.504. The normalized spacial score (nSPS) is 10.5. The molecule has 0 aliphatic rings. The van der Waals surface area contributed by atoms with Crippen LogP contribution in [-0.4, -0.2) is 8.32 Å². The molecule has 0 unspecified atom stereocenters. The van der Waals surface area contributed by atoms with Crippen LogP contribution in [0.3, 0.4) is 0 Å². The van der Waals surface area contributed by atoms with Crippen LogP contribution in [-0.2, 0) is 4.43 Å². The summed E-state index contributed by atoms with van der Waals surface area (Å²) in [4.78, 5) is 0. The van der Waals surface area contributed by atoms with Gasteiger partial charge >= 0.3 is 0 Å². The fourth-order valence-electron chi connectivity index (χ4n) is 1.00. The van der Waals surface area contributed by atoms with Crippen molar-refractivity contribution in [3.05, 3.63) is 0 Å². The van der Waals surface area contributed by atoms with Crippen molar-refractivity contribution in [1.29, 1.82) is 0 Å². The second-order valence-corrected chi connectivity index (χ2v) is 8.22. The summed E-state index contributed by atoms with van der Waals surface area (Å²) in [5.41, 5.74) is 0. The molecule has 2 heteroatoms. The Bertz CT molecular complexity index is 176. The molecule has 0 spiro atoms. The van der Waals surface area contributed by atoms with E-state index < -0.39 is 8.32 Å². The minimum atomic E-state index is -1.45. The smallest absolute Gasteiger partial charge is 0.258 e. The molecule has 0 radical (unpaired) electrons. The molecule has 13 heavy (non-hydrogen) atoms. The lowest BCUT2D eigenvalue weighted by Crippen LogP contribution is -2.27. The Kier molecular flexibility index (Phi) is 6.80. The summed E-state index contributed by atoms with van der Waals surface area (Å²) in [6, 6.07) is 1.23. The molecule has 0 saturated carbocycles. The largest absolute Gasteiger partial charge is 0.501 e. The summed E-state index contributed by atoms with van der Waals surface area (Å²) in [5, 5.41) is 0. The highest BCUT2D eigenvalue weighted by atomic mass is 28.4. The summed E-state index contributed by atoms with van der Waals surface area (Å²) in [5.74, 6) is 3.03. The summed E-state index contributed by atoms with van der Waals surface area (Å²) in [6.45, 7) is 8.83. The fourth-order valence-corrected chi connectivity index (χ4v) is 2.66. The molecule has 0 rings (SSSR count). The Hall–Kier alpha value is -0.423. The summed E-state index contributed by atoms with van der Waals surface area (Å²) in [6.07, 6.45) is 7.45. The van der Waals surface area contributed by atoms with Gasteiger partial charge in [-0.2, -0.15) is 0 Å². The minimum Gasteiger partial charge on any atom is -0.501 e. The summed E-state index contributed by atoms with van der Waals surface area (Å²) in [7, 11) is -1.45. The summed E-state index contributed by atoms with van der Waals surface area (Å²) < 4.78 is 5.61. The van der Waals surface area contributed by atoms with E-state index in [-0.39, 0.29) is 0 Å². The lowest BCUT2D eigenvalue weighted by atomic mass is 10.4. The topological polar surface area (TPSA) is 9.23 Å². The maximum absolute atomic E-state index is 5.61. The first kappa shape index (κ1) is 12.6. The summed E-state index contributed by atoms with van der Waals surface area (Å²) >= 11 is 0. The van der Waals surface area contributed by atoms with E-state index in [2.05, 4.69) is 39.0 Å². The molecule has 0 aliphatic carbocycles. The highest BCUT2D eigenvalue weighted by molar-refractivity contribution is 6.71. The van der Waals surface area contributed by atoms with Gasteiger partial charge in [-0.3, -0.25) is 0 Å². The predicted octanol–water partition coefficient (Wildman–Crippen LogP) is 3.77. The van der Waals surface area contributed by atoms with Gasteiger partial charge in [-0.1, -0.05) is 32.6 Å². The van der Waals surface area contributed by atoms with Gasteiger partial charge in [-0.05, 0) is 25.6 Å². The maximum atomic E-state index is 5.61. The molecule has 0 N–H and O–H groups in total. The zero-order valence-corrected chi connectivity index (χ0v) is 10.4. The molecule has 0 saturated heterocycles. The van der Waals surface area contributed by atoms with Crippen molar-refractivity contribution in [2.24, 2.45) is 0 Å². The SMILES string of the molecule is CCCC#CO[Si](C)(C)CCCC. The molecule has 0 aromatic carbocycles. The average molecular weight is 198 g/mol. The Morgan fingerprint density at radius 2 is 1.85 bits per heavy atom. The van der Waals surface area contributed by atoms with E-state index in [1.54, 1.807) is 0 Å². The van der Waals surface area contributed by atoms with Crippen molar-refractivity contribution in [1.82, 2.24) is 0 Å². The minimum absolute atomic E-state index is 0.957.